The molecular weight excluding hydrogens is 349 g/mol. The Hall–Kier alpha value is -1.92. The van der Waals surface area contributed by atoms with Crippen molar-refractivity contribution >= 4 is 23.1 Å². The van der Waals surface area contributed by atoms with Gasteiger partial charge in [-0.15, -0.1) is 11.3 Å². The predicted molar refractivity (Wildman–Crippen MR) is 110 cm³/mol. The lowest BCUT2D eigenvalue weighted by molar-refractivity contribution is 0.259. The van der Waals surface area contributed by atoms with Crippen LogP contribution in [0.2, 0.25) is 0 Å². The van der Waals surface area contributed by atoms with Crippen LogP contribution >= 0.6 is 11.3 Å². The van der Waals surface area contributed by atoms with Crippen molar-refractivity contribution in [3.8, 4) is 0 Å². The summed E-state index contributed by atoms with van der Waals surface area (Å²) < 4.78 is 12.6. The number of aryl methyl sites for hydroxylation is 3. The molecule has 0 fully saturated rings. The minimum atomic E-state index is -0.436. The van der Waals surface area contributed by atoms with Gasteiger partial charge in [0.15, 0.2) is 0 Å². The number of anilines is 1. The fourth-order valence-electron chi connectivity index (χ4n) is 3.87. The zero-order chi connectivity index (χ0) is 18.7. The van der Waals surface area contributed by atoms with Crippen LogP contribution in [0.3, 0.4) is 0 Å². The number of benzene rings is 1. The van der Waals surface area contributed by atoms with Crippen LogP contribution in [0, 0.1) is 12.7 Å². The van der Waals surface area contributed by atoms with Crippen LogP contribution in [0.4, 0.5) is 14.9 Å². The molecule has 2 aromatic rings. The SMILES string of the molecule is CNCc1cc(F)c(C)s1.NC(=O)Nc1c2c(cc3c1CCC3)CCC2.[HH].[HH]. The van der Waals surface area contributed by atoms with E-state index in [2.05, 4.69) is 16.7 Å². The number of carbonyl (C=O) groups is 1. The van der Waals surface area contributed by atoms with Crippen molar-refractivity contribution < 1.29 is 12.0 Å². The van der Waals surface area contributed by atoms with E-state index in [1.54, 1.807) is 13.0 Å². The van der Waals surface area contributed by atoms with Gasteiger partial charge in [0, 0.05) is 24.8 Å². The highest BCUT2D eigenvalue weighted by Crippen LogP contribution is 2.38. The zero-order valence-corrected chi connectivity index (χ0v) is 16.2. The molecule has 26 heavy (non-hydrogen) atoms. The molecule has 4 rings (SSSR count). The molecule has 4 nitrogen and oxygen atoms in total. The number of thiophene rings is 1. The Morgan fingerprint density at radius 2 is 1.81 bits per heavy atom. The van der Waals surface area contributed by atoms with E-state index in [0.29, 0.717) is 0 Å². The van der Waals surface area contributed by atoms with E-state index >= 15 is 0 Å². The van der Waals surface area contributed by atoms with Gasteiger partial charge in [-0.1, -0.05) is 6.07 Å². The standard InChI is InChI=1S/C13H16N2O.C7H10FNS.2H2/c14-13(16)15-12-10-5-1-3-8(10)7-9-4-2-6-11(9)12;1-5-7(8)3-6(10-5)4-9-2;;/h7H,1-6H2,(H3,14,15,16);3,9H,4H2,1-2H3;2*1H. The van der Waals surface area contributed by atoms with Crippen LogP contribution in [0.25, 0.3) is 0 Å². The topological polar surface area (TPSA) is 67.1 Å². The number of rotatable bonds is 3. The molecule has 2 aliphatic carbocycles. The molecule has 6 heteroatoms. The van der Waals surface area contributed by atoms with Crippen LogP contribution in [0.5, 0.6) is 0 Å². The van der Waals surface area contributed by atoms with Gasteiger partial charge >= 0.3 is 6.03 Å². The summed E-state index contributed by atoms with van der Waals surface area (Å²) in [5.41, 5.74) is 11.8. The second-order valence-corrected chi connectivity index (χ2v) is 8.21. The molecule has 0 saturated heterocycles. The lowest BCUT2D eigenvalue weighted by atomic mass is 9.99. The van der Waals surface area contributed by atoms with Gasteiger partial charge in [0.05, 0.1) is 0 Å². The van der Waals surface area contributed by atoms with Gasteiger partial charge in [-0.25, -0.2) is 9.18 Å². The number of halogens is 1. The Morgan fingerprint density at radius 1 is 1.19 bits per heavy atom. The Balaban J connectivity index is 0.000000288. The molecule has 144 valence electrons. The first-order valence-electron chi connectivity index (χ1n) is 9.12. The molecule has 0 spiro atoms. The van der Waals surface area contributed by atoms with E-state index in [4.69, 9.17) is 5.73 Å². The Labute approximate surface area is 161 Å². The average molecular weight is 380 g/mol. The fourth-order valence-corrected chi connectivity index (χ4v) is 4.80. The van der Waals surface area contributed by atoms with Crippen molar-refractivity contribution in [2.45, 2.75) is 52.0 Å². The van der Waals surface area contributed by atoms with Gasteiger partial charge in [-0.05, 0) is 80.8 Å². The number of urea groups is 1. The smallest absolute Gasteiger partial charge is 0.316 e. The molecule has 1 aromatic carbocycles. The highest BCUT2D eigenvalue weighted by molar-refractivity contribution is 7.11. The van der Waals surface area contributed by atoms with Gasteiger partial charge in [0.1, 0.15) is 5.82 Å². The molecule has 0 atom stereocenters. The van der Waals surface area contributed by atoms with Crippen LogP contribution in [0.1, 0.15) is 47.7 Å². The van der Waals surface area contributed by atoms with Crippen molar-refractivity contribution in [1.29, 1.82) is 0 Å². The summed E-state index contributed by atoms with van der Waals surface area (Å²) in [6.45, 7) is 2.55. The minimum absolute atomic E-state index is 0. The molecule has 0 radical (unpaired) electrons. The molecular formula is C20H30FN3OS. The third-order valence-electron chi connectivity index (χ3n) is 4.98. The molecule has 0 aliphatic heterocycles. The molecule has 2 aliphatic rings. The number of hydrogen-bond donors (Lipinski definition) is 3. The quantitative estimate of drug-likeness (QED) is 0.732. The lowest BCUT2D eigenvalue weighted by Crippen LogP contribution is -2.21. The number of primary amides is 1. The van der Waals surface area contributed by atoms with E-state index < -0.39 is 6.03 Å². The first-order valence-corrected chi connectivity index (χ1v) is 9.93. The first kappa shape index (κ1) is 18.9. The first-order chi connectivity index (χ1) is 12.5. The minimum Gasteiger partial charge on any atom is -0.351 e. The zero-order valence-electron chi connectivity index (χ0n) is 15.4. The number of nitrogens with two attached hydrogens (primary N) is 1. The molecule has 0 saturated carbocycles. The van der Waals surface area contributed by atoms with Crippen LogP contribution in [-0.4, -0.2) is 13.1 Å². The van der Waals surface area contributed by atoms with Crippen molar-refractivity contribution in [1.82, 2.24) is 5.32 Å². The molecule has 0 bridgehead atoms. The second-order valence-electron chi connectivity index (χ2n) is 6.87. The van der Waals surface area contributed by atoms with Crippen molar-refractivity contribution in [3.05, 3.63) is 50.0 Å². The van der Waals surface area contributed by atoms with Gasteiger partial charge < -0.3 is 16.4 Å². The van der Waals surface area contributed by atoms with Crippen molar-refractivity contribution in [2.24, 2.45) is 5.73 Å². The molecule has 1 heterocycles. The van der Waals surface area contributed by atoms with Gasteiger partial charge in [0.25, 0.3) is 0 Å². The Bertz CT molecular complexity index is 775. The molecule has 1 aromatic heterocycles. The van der Waals surface area contributed by atoms with E-state index in [1.165, 1.54) is 46.4 Å². The van der Waals surface area contributed by atoms with Crippen LogP contribution in [-0.2, 0) is 32.2 Å². The number of hydrogen-bond acceptors (Lipinski definition) is 3. The summed E-state index contributed by atoms with van der Waals surface area (Å²) >= 11 is 1.50. The Morgan fingerprint density at radius 3 is 2.27 bits per heavy atom. The third-order valence-corrected chi connectivity index (χ3v) is 6.01. The molecule has 4 N–H and O–H groups in total. The van der Waals surface area contributed by atoms with Crippen LogP contribution < -0.4 is 16.4 Å². The maximum atomic E-state index is 12.6. The summed E-state index contributed by atoms with van der Waals surface area (Å²) in [6.07, 6.45) is 6.86. The average Bonchev–Trinajstić information content (AvgIpc) is 3.29. The third kappa shape index (κ3) is 4.07. The highest BCUT2D eigenvalue weighted by atomic mass is 32.1. The summed E-state index contributed by atoms with van der Waals surface area (Å²) in [4.78, 5) is 12.9. The lowest BCUT2D eigenvalue weighted by Gasteiger charge is -2.14. The highest BCUT2D eigenvalue weighted by Gasteiger charge is 2.24. The maximum absolute atomic E-state index is 12.6. The summed E-state index contributed by atoms with van der Waals surface area (Å²) in [6, 6.07) is 3.49. The number of fused-ring (bicyclic) bond motifs is 2. The summed E-state index contributed by atoms with van der Waals surface area (Å²) in [7, 11) is 1.85. The van der Waals surface area contributed by atoms with Crippen molar-refractivity contribution in [3.63, 3.8) is 0 Å². The molecule has 0 unspecified atom stereocenters. The van der Waals surface area contributed by atoms with Gasteiger partial charge in [0.2, 0.25) is 0 Å². The number of amides is 2. The number of nitrogens with one attached hydrogen (secondary N) is 2. The van der Waals surface area contributed by atoms with E-state index in [9.17, 15) is 9.18 Å². The monoisotopic (exact) mass is 379 g/mol. The normalized spacial score (nSPS) is 14.4. The van der Waals surface area contributed by atoms with Crippen LogP contribution in [0.15, 0.2) is 12.1 Å². The Kier molecular flexibility index (Phi) is 5.94. The van der Waals surface area contributed by atoms with Crippen molar-refractivity contribution in [2.75, 3.05) is 12.4 Å². The van der Waals surface area contributed by atoms with Gasteiger partial charge in [-0.3, -0.25) is 0 Å². The second kappa shape index (κ2) is 8.18. The fraction of sp³-hybridized carbons (Fsp3) is 0.450. The van der Waals surface area contributed by atoms with Gasteiger partial charge in [-0.2, -0.15) is 0 Å². The van der Waals surface area contributed by atoms with E-state index in [1.807, 2.05) is 7.05 Å². The van der Waals surface area contributed by atoms with E-state index in [-0.39, 0.29) is 8.67 Å². The maximum Gasteiger partial charge on any atom is 0.316 e. The predicted octanol–water partition coefficient (Wildman–Crippen LogP) is 4.56. The summed E-state index contributed by atoms with van der Waals surface area (Å²) in [5, 5.41) is 5.81. The number of carbonyl (C=O) groups excluding carboxylic acids is 1. The molecule has 2 amide bonds. The van der Waals surface area contributed by atoms with E-state index in [0.717, 1.165) is 47.7 Å². The summed E-state index contributed by atoms with van der Waals surface area (Å²) in [5.74, 6) is -0.0877. The largest absolute Gasteiger partial charge is 0.351 e.